The maximum Gasteiger partial charge on any atom is 0.347 e. The highest BCUT2D eigenvalue weighted by molar-refractivity contribution is 7.22. The van der Waals surface area contributed by atoms with Crippen LogP contribution in [0.2, 0.25) is 5.02 Å². The zero-order valence-corrected chi connectivity index (χ0v) is 27.9. The van der Waals surface area contributed by atoms with Crippen LogP contribution in [0.25, 0.3) is 20.7 Å². The number of benzene rings is 2. The summed E-state index contributed by atoms with van der Waals surface area (Å²) in [7, 11) is 3.13. The molecule has 0 spiro atoms. The zero-order valence-electron chi connectivity index (χ0n) is 26.3. The van der Waals surface area contributed by atoms with Gasteiger partial charge in [-0.05, 0) is 67.5 Å². The number of nitrogens with zero attached hydrogens (tertiary/aromatic N) is 6. The Morgan fingerprint density at radius 2 is 1.81 bits per heavy atom. The number of amides is 2. The first-order chi connectivity index (χ1) is 22.3. The Balaban J connectivity index is 1.29. The fraction of sp³-hybridized carbons (Fsp3) is 0.324. The molecule has 4 atom stereocenters. The average molecular weight is 671 g/mol. The minimum Gasteiger partial charge on any atom is -0.507 e. The molecule has 1 N–H and O–H groups in total. The third-order valence-electron chi connectivity index (χ3n) is 10.5. The first-order valence-corrected chi connectivity index (χ1v) is 16.5. The third-order valence-corrected chi connectivity index (χ3v) is 12.1. The number of aryl methyl sites for hydroxylation is 3. The number of fused-ring (bicyclic) bond motifs is 5. The summed E-state index contributed by atoms with van der Waals surface area (Å²) in [4.78, 5) is 57.9. The van der Waals surface area contributed by atoms with Crippen molar-refractivity contribution in [3.05, 3.63) is 96.8 Å². The number of phenolic OH excluding ortho intramolecular Hbond substituents is 1. The number of para-hydroxylation sites is 1. The molecule has 0 radical (unpaired) electrons. The number of anilines is 1. The van der Waals surface area contributed by atoms with E-state index in [1.54, 1.807) is 55.1 Å². The standard InChI is InChI=1S/C34H31ClN6O5S/c1-16-7-6-8-20(28(16)42)27-19-11-12-39-32(45)37(4)33(46)41(39)24(19)14-22-30(43)40(31(44)34(22,27)3)26-15-23(36-38(26)5)29-17(2)21-13-18(35)9-10-25(21)47-29/h6-11,13,15,22,24,27,42H,12,14H2,1-5H3/t22-,24+,27+,34+/m0/s1. The van der Waals surface area contributed by atoms with Crippen molar-refractivity contribution in [2.75, 3.05) is 4.90 Å². The van der Waals surface area contributed by atoms with Crippen molar-refractivity contribution in [3.8, 4) is 16.3 Å². The van der Waals surface area contributed by atoms with E-state index in [1.165, 1.54) is 21.3 Å². The van der Waals surface area contributed by atoms with E-state index in [2.05, 4.69) is 0 Å². The van der Waals surface area contributed by atoms with E-state index < -0.39 is 46.5 Å². The predicted octanol–water partition coefficient (Wildman–Crippen LogP) is 4.80. The molecule has 2 fully saturated rings. The normalized spacial score (nSPS) is 23.7. The number of aromatic hydroxyl groups is 1. The lowest BCUT2D eigenvalue weighted by molar-refractivity contribution is -0.129. The second-order valence-electron chi connectivity index (χ2n) is 13.0. The Hall–Kier alpha value is -4.68. The molecular formula is C34H31ClN6O5S. The summed E-state index contributed by atoms with van der Waals surface area (Å²) < 4.78 is 6.44. The summed E-state index contributed by atoms with van der Waals surface area (Å²) in [6.45, 7) is 5.69. The number of hydrogen-bond donors (Lipinski definition) is 1. The molecule has 2 amide bonds. The van der Waals surface area contributed by atoms with E-state index in [1.807, 2.05) is 37.3 Å². The fourth-order valence-electron chi connectivity index (χ4n) is 8.08. The van der Waals surface area contributed by atoms with Crippen molar-refractivity contribution in [2.45, 2.75) is 45.7 Å². The van der Waals surface area contributed by atoms with Crippen LogP contribution in [0.5, 0.6) is 5.75 Å². The van der Waals surface area contributed by atoms with Crippen molar-refractivity contribution in [1.29, 1.82) is 0 Å². The van der Waals surface area contributed by atoms with Crippen molar-refractivity contribution in [1.82, 2.24) is 23.7 Å². The van der Waals surface area contributed by atoms with Gasteiger partial charge in [-0.25, -0.2) is 28.4 Å². The second-order valence-corrected chi connectivity index (χ2v) is 14.5. The number of halogens is 1. The number of allylic oxidation sites excluding steroid dienone is 2. The molecule has 5 heterocycles. The van der Waals surface area contributed by atoms with Gasteiger partial charge >= 0.3 is 11.4 Å². The summed E-state index contributed by atoms with van der Waals surface area (Å²) in [6.07, 6.45) is 2.01. The minimum atomic E-state index is -1.31. The molecule has 11 nitrogen and oxygen atoms in total. The predicted molar refractivity (Wildman–Crippen MR) is 179 cm³/mol. The molecule has 2 aromatic carbocycles. The van der Waals surface area contributed by atoms with Crippen molar-refractivity contribution in [3.63, 3.8) is 0 Å². The van der Waals surface area contributed by atoms with Gasteiger partial charge in [0.15, 0.2) is 0 Å². The van der Waals surface area contributed by atoms with Gasteiger partial charge in [-0.3, -0.25) is 14.3 Å². The smallest absolute Gasteiger partial charge is 0.347 e. The van der Waals surface area contributed by atoms with Crippen LogP contribution < -0.4 is 16.3 Å². The van der Waals surface area contributed by atoms with Crippen LogP contribution in [0.15, 0.2) is 63.7 Å². The SMILES string of the molecule is Cc1cccc([C@H]2C3=CCn4c(=O)n(C)c(=O)n4[C@@H]3C[C@H]3C(=O)N(c4cc(-c5sc6ccc(Cl)cc6c5C)nn4C)C(=O)[C@@]23C)c1O. The van der Waals surface area contributed by atoms with Gasteiger partial charge in [0, 0.05) is 41.4 Å². The zero-order chi connectivity index (χ0) is 33.3. The first-order valence-electron chi connectivity index (χ1n) is 15.3. The molecule has 240 valence electrons. The topological polar surface area (TPSA) is 124 Å². The lowest BCUT2D eigenvalue weighted by Crippen LogP contribution is -2.49. The van der Waals surface area contributed by atoms with Crippen LogP contribution in [-0.2, 0) is 30.2 Å². The van der Waals surface area contributed by atoms with Gasteiger partial charge < -0.3 is 5.11 Å². The van der Waals surface area contributed by atoms with Crippen LogP contribution in [-0.4, -0.2) is 40.6 Å². The number of aromatic nitrogens is 5. The summed E-state index contributed by atoms with van der Waals surface area (Å²) in [5.74, 6) is -2.06. The molecule has 1 aliphatic carbocycles. The maximum atomic E-state index is 14.9. The third kappa shape index (κ3) is 3.82. The van der Waals surface area contributed by atoms with E-state index >= 15 is 0 Å². The number of carbonyl (C=O) groups is 2. The van der Waals surface area contributed by atoms with Crippen LogP contribution in [0.3, 0.4) is 0 Å². The monoisotopic (exact) mass is 670 g/mol. The molecule has 3 aliphatic rings. The highest BCUT2D eigenvalue weighted by atomic mass is 35.5. The van der Waals surface area contributed by atoms with Crippen molar-refractivity contribution in [2.24, 2.45) is 25.4 Å². The van der Waals surface area contributed by atoms with Gasteiger partial charge in [0.25, 0.3) is 0 Å². The van der Waals surface area contributed by atoms with E-state index in [9.17, 15) is 24.3 Å². The number of hydrogen-bond acceptors (Lipinski definition) is 7. The molecule has 47 heavy (non-hydrogen) atoms. The highest BCUT2D eigenvalue weighted by Gasteiger charge is 2.66. The largest absolute Gasteiger partial charge is 0.507 e. The number of carbonyl (C=O) groups excluding carboxylic acids is 2. The second kappa shape index (κ2) is 9.91. The molecule has 0 unspecified atom stereocenters. The van der Waals surface area contributed by atoms with Crippen LogP contribution in [0.4, 0.5) is 5.82 Å². The van der Waals surface area contributed by atoms with Crippen LogP contribution >= 0.6 is 22.9 Å². The van der Waals surface area contributed by atoms with Crippen LogP contribution in [0, 0.1) is 25.2 Å². The summed E-state index contributed by atoms with van der Waals surface area (Å²) >= 11 is 7.84. The Bertz CT molecular complexity index is 2380. The van der Waals surface area contributed by atoms with E-state index in [0.717, 1.165) is 30.7 Å². The summed E-state index contributed by atoms with van der Waals surface area (Å²) in [5.41, 5.74) is 1.23. The maximum absolute atomic E-state index is 14.9. The summed E-state index contributed by atoms with van der Waals surface area (Å²) in [6, 6.07) is 12.2. The Kier molecular flexibility index (Phi) is 6.26. The van der Waals surface area contributed by atoms with E-state index in [0.29, 0.717) is 27.7 Å². The van der Waals surface area contributed by atoms with Crippen LogP contribution in [0.1, 0.15) is 42.0 Å². The molecule has 2 aliphatic heterocycles. The highest BCUT2D eigenvalue weighted by Crippen LogP contribution is 2.62. The minimum absolute atomic E-state index is 0.0317. The van der Waals surface area contributed by atoms with Gasteiger partial charge in [0.1, 0.15) is 17.3 Å². The van der Waals surface area contributed by atoms with E-state index in [4.69, 9.17) is 16.7 Å². The van der Waals surface area contributed by atoms with Gasteiger partial charge in [-0.15, -0.1) is 11.3 Å². The first kappa shape index (κ1) is 29.7. The lowest BCUT2D eigenvalue weighted by Gasteiger charge is -2.47. The molecule has 13 heteroatoms. The van der Waals surface area contributed by atoms with E-state index in [-0.39, 0.29) is 18.7 Å². The Morgan fingerprint density at radius 1 is 1.04 bits per heavy atom. The van der Waals surface area contributed by atoms with Crippen molar-refractivity contribution >= 4 is 50.7 Å². The lowest BCUT2D eigenvalue weighted by atomic mass is 9.56. The van der Waals surface area contributed by atoms with Gasteiger partial charge in [0.05, 0.1) is 28.8 Å². The molecule has 0 bridgehead atoms. The molecule has 8 rings (SSSR count). The molecule has 3 aromatic heterocycles. The number of imide groups is 1. The molecule has 5 aromatic rings. The Morgan fingerprint density at radius 3 is 2.57 bits per heavy atom. The number of thiophene rings is 1. The Labute approximate surface area is 277 Å². The van der Waals surface area contributed by atoms with Crippen molar-refractivity contribution < 1.29 is 14.7 Å². The quantitative estimate of drug-likeness (QED) is 0.217. The average Bonchev–Trinajstić information content (AvgIpc) is 3.70. The molecular weight excluding hydrogens is 640 g/mol. The number of rotatable bonds is 3. The van der Waals surface area contributed by atoms with Gasteiger partial charge in [0.2, 0.25) is 11.8 Å². The van der Waals surface area contributed by atoms with Gasteiger partial charge in [-0.2, -0.15) is 5.10 Å². The number of phenols is 1. The molecule has 1 saturated carbocycles. The fourth-order valence-corrected chi connectivity index (χ4v) is 9.40. The molecule has 1 saturated heterocycles. The van der Waals surface area contributed by atoms with Gasteiger partial charge in [-0.1, -0.05) is 35.9 Å². The summed E-state index contributed by atoms with van der Waals surface area (Å²) in [5, 5.41) is 17.8.